The fourth-order valence-corrected chi connectivity index (χ4v) is 5.08. The minimum Gasteiger partial charge on any atom is -0.481 e. The van der Waals surface area contributed by atoms with Crippen LogP contribution in [0.4, 0.5) is 4.79 Å². The van der Waals surface area contributed by atoms with Crippen LogP contribution in [-0.4, -0.2) is 47.2 Å². The number of nitrogens with zero attached hydrogens (tertiary/aromatic N) is 1. The number of carboxylic acids is 1. The summed E-state index contributed by atoms with van der Waals surface area (Å²) in [4.78, 5) is 39.5. The third-order valence-electron chi connectivity index (χ3n) is 7.15. The van der Waals surface area contributed by atoms with E-state index in [9.17, 15) is 19.5 Å². The molecule has 0 heterocycles. The Hall–Kier alpha value is -4.13. The summed E-state index contributed by atoms with van der Waals surface area (Å²) in [6, 6.07) is 24.4. The predicted octanol–water partition coefficient (Wildman–Crippen LogP) is 5.61. The first-order valence-corrected chi connectivity index (χ1v) is 13.0. The third-order valence-corrected chi connectivity index (χ3v) is 7.15. The molecule has 1 aliphatic carbocycles. The van der Waals surface area contributed by atoms with Crippen molar-refractivity contribution in [2.24, 2.45) is 5.92 Å². The van der Waals surface area contributed by atoms with Gasteiger partial charge in [0.25, 0.3) is 0 Å². The van der Waals surface area contributed by atoms with Gasteiger partial charge in [-0.3, -0.25) is 9.59 Å². The minimum atomic E-state index is -0.992. The van der Waals surface area contributed by atoms with Gasteiger partial charge in [0.15, 0.2) is 0 Å². The molecule has 198 valence electrons. The number of fused-ring (bicyclic) bond motifs is 3. The quantitative estimate of drug-likeness (QED) is 0.366. The number of rotatable bonds is 10. The van der Waals surface area contributed by atoms with Gasteiger partial charge >= 0.3 is 12.1 Å². The second kappa shape index (κ2) is 11.9. The summed E-state index contributed by atoms with van der Waals surface area (Å²) in [5.74, 6) is -1.66. The van der Waals surface area contributed by atoms with Gasteiger partial charge in [-0.2, -0.15) is 0 Å². The second-order valence-corrected chi connectivity index (χ2v) is 9.95. The van der Waals surface area contributed by atoms with Gasteiger partial charge in [0.05, 0.1) is 12.5 Å². The molecule has 0 aromatic heterocycles. The largest absolute Gasteiger partial charge is 0.481 e. The lowest BCUT2D eigenvalue weighted by Crippen LogP contribution is -2.52. The summed E-state index contributed by atoms with van der Waals surface area (Å²) < 4.78 is 5.68. The summed E-state index contributed by atoms with van der Waals surface area (Å²) in [6.07, 6.45) is -0.872. The van der Waals surface area contributed by atoms with Crippen LogP contribution >= 0.6 is 0 Å². The van der Waals surface area contributed by atoms with Crippen LogP contribution in [-0.2, 0) is 14.3 Å². The average molecular weight is 515 g/mol. The molecule has 4 rings (SSSR count). The van der Waals surface area contributed by atoms with Gasteiger partial charge in [0.1, 0.15) is 12.6 Å². The molecule has 2 N–H and O–H groups in total. The van der Waals surface area contributed by atoms with Crippen molar-refractivity contribution in [1.82, 2.24) is 10.2 Å². The summed E-state index contributed by atoms with van der Waals surface area (Å²) in [6.45, 7) is 5.71. The number of ether oxygens (including phenoxy) is 1. The number of hydrogen-bond donors (Lipinski definition) is 2. The molecule has 0 saturated carbocycles. The first-order chi connectivity index (χ1) is 18.3. The average Bonchev–Trinajstić information content (AvgIpc) is 3.24. The zero-order valence-corrected chi connectivity index (χ0v) is 22.0. The zero-order chi connectivity index (χ0) is 27.2. The van der Waals surface area contributed by atoms with Crippen molar-refractivity contribution < 1.29 is 24.2 Å². The molecule has 0 fully saturated rings. The number of nitrogens with one attached hydrogen (secondary N) is 1. The van der Waals surface area contributed by atoms with E-state index in [1.807, 2.05) is 87.5 Å². The van der Waals surface area contributed by atoms with Gasteiger partial charge in [0, 0.05) is 12.5 Å². The minimum absolute atomic E-state index is 0.0276. The Labute approximate surface area is 223 Å². The highest BCUT2D eigenvalue weighted by atomic mass is 16.5. The molecular weight excluding hydrogens is 480 g/mol. The smallest absolute Gasteiger partial charge is 0.407 e. The van der Waals surface area contributed by atoms with E-state index in [-0.39, 0.29) is 43.4 Å². The van der Waals surface area contributed by atoms with E-state index in [1.165, 1.54) is 4.90 Å². The SMILES string of the molecule is CC(C)[C@H](NC(=O)OCC1c2ccccc2-c2ccccc21)C(=O)N(CCC(=O)O)[C@@H](C)c1ccccc1. The molecule has 38 heavy (non-hydrogen) atoms. The molecular formula is C31H34N2O5. The fraction of sp³-hybridized carbons (Fsp3) is 0.323. The van der Waals surface area contributed by atoms with E-state index >= 15 is 0 Å². The molecule has 0 bridgehead atoms. The Morgan fingerprint density at radius 1 is 0.868 bits per heavy atom. The molecule has 3 aromatic rings. The van der Waals surface area contributed by atoms with Crippen molar-refractivity contribution in [2.75, 3.05) is 13.2 Å². The van der Waals surface area contributed by atoms with E-state index in [0.29, 0.717) is 0 Å². The summed E-state index contributed by atoms with van der Waals surface area (Å²) in [7, 11) is 0. The number of carboxylic acid groups (broad SMARTS) is 1. The summed E-state index contributed by atoms with van der Waals surface area (Å²) in [5, 5.41) is 12.0. The molecule has 0 unspecified atom stereocenters. The number of carbonyl (C=O) groups excluding carboxylic acids is 2. The molecule has 0 saturated heterocycles. The Balaban J connectivity index is 1.48. The second-order valence-electron chi connectivity index (χ2n) is 9.95. The first-order valence-electron chi connectivity index (χ1n) is 13.0. The van der Waals surface area contributed by atoms with Crippen LogP contribution in [0.5, 0.6) is 0 Å². The van der Waals surface area contributed by atoms with E-state index < -0.39 is 18.1 Å². The van der Waals surface area contributed by atoms with Crippen molar-refractivity contribution in [3.05, 3.63) is 95.6 Å². The van der Waals surface area contributed by atoms with Crippen LogP contribution in [0.1, 0.15) is 55.8 Å². The molecule has 1 aliphatic rings. The lowest BCUT2D eigenvalue weighted by molar-refractivity contribution is -0.140. The van der Waals surface area contributed by atoms with Crippen LogP contribution < -0.4 is 5.32 Å². The fourth-order valence-electron chi connectivity index (χ4n) is 5.08. The highest BCUT2D eigenvalue weighted by molar-refractivity contribution is 5.87. The zero-order valence-electron chi connectivity index (χ0n) is 22.0. The van der Waals surface area contributed by atoms with Crippen LogP contribution in [0.3, 0.4) is 0 Å². The van der Waals surface area contributed by atoms with Crippen LogP contribution in [0.2, 0.25) is 0 Å². The summed E-state index contributed by atoms with van der Waals surface area (Å²) in [5.41, 5.74) is 5.37. The molecule has 0 spiro atoms. The number of aliphatic carboxylic acids is 1. The number of carbonyl (C=O) groups is 3. The maximum Gasteiger partial charge on any atom is 0.407 e. The maximum atomic E-state index is 13.7. The van der Waals surface area contributed by atoms with Gasteiger partial charge in [-0.05, 0) is 40.7 Å². The lowest BCUT2D eigenvalue weighted by atomic mass is 9.98. The Morgan fingerprint density at radius 2 is 1.42 bits per heavy atom. The van der Waals surface area contributed by atoms with E-state index in [0.717, 1.165) is 27.8 Å². The van der Waals surface area contributed by atoms with E-state index in [2.05, 4.69) is 17.4 Å². The van der Waals surface area contributed by atoms with Crippen molar-refractivity contribution in [3.63, 3.8) is 0 Å². The topological polar surface area (TPSA) is 95.9 Å². The maximum absolute atomic E-state index is 13.7. The molecule has 2 atom stereocenters. The first kappa shape index (κ1) is 26.9. The van der Waals surface area contributed by atoms with Gasteiger partial charge in [-0.25, -0.2) is 4.79 Å². The summed E-state index contributed by atoms with van der Waals surface area (Å²) >= 11 is 0. The van der Waals surface area contributed by atoms with Crippen molar-refractivity contribution in [1.29, 1.82) is 0 Å². The number of benzene rings is 3. The van der Waals surface area contributed by atoms with Crippen molar-refractivity contribution in [2.45, 2.75) is 45.2 Å². The van der Waals surface area contributed by atoms with Gasteiger partial charge < -0.3 is 20.1 Å². The van der Waals surface area contributed by atoms with Crippen molar-refractivity contribution >= 4 is 18.0 Å². The van der Waals surface area contributed by atoms with E-state index in [4.69, 9.17) is 4.74 Å². The molecule has 0 aliphatic heterocycles. The molecule has 2 amide bonds. The van der Waals surface area contributed by atoms with Crippen LogP contribution in [0.25, 0.3) is 11.1 Å². The highest BCUT2D eigenvalue weighted by Crippen LogP contribution is 2.44. The van der Waals surface area contributed by atoms with Gasteiger partial charge in [-0.15, -0.1) is 0 Å². The normalized spacial score (nSPS) is 13.8. The molecule has 0 radical (unpaired) electrons. The molecule has 7 heteroatoms. The Bertz CT molecular complexity index is 1240. The van der Waals surface area contributed by atoms with Gasteiger partial charge in [-0.1, -0.05) is 92.7 Å². The Morgan fingerprint density at radius 3 is 1.97 bits per heavy atom. The standard InChI is InChI=1S/C31H34N2O5/c1-20(2)29(30(36)33(18-17-28(34)35)21(3)22-11-5-4-6-12-22)32-31(37)38-19-27-25-15-9-7-13-23(25)24-14-8-10-16-26(24)27/h4-16,20-21,27,29H,17-19H2,1-3H3,(H,32,37)(H,34,35)/t21-,29-/m0/s1. The number of amides is 2. The van der Waals surface area contributed by atoms with Crippen molar-refractivity contribution in [3.8, 4) is 11.1 Å². The lowest BCUT2D eigenvalue weighted by Gasteiger charge is -2.34. The van der Waals surface area contributed by atoms with Crippen LogP contribution in [0.15, 0.2) is 78.9 Å². The number of alkyl carbamates (subject to hydrolysis) is 1. The molecule has 7 nitrogen and oxygen atoms in total. The molecule has 3 aromatic carbocycles. The number of hydrogen-bond acceptors (Lipinski definition) is 4. The van der Waals surface area contributed by atoms with E-state index in [1.54, 1.807) is 0 Å². The monoisotopic (exact) mass is 514 g/mol. The highest BCUT2D eigenvalue weighted by Gasteiger charge is 2.33. The third kappa shape index (κ3) is 5.88. The van der Waals surface area contributed by atoms with Crippen LogP contribution in [0, 0.1) is 5.92 Å². The predicted molar refractivity (Wildman–Crippen MR) is 146 cm³/mol. The van der Waals surface area contributed by atoms with Gasteiger partial charge in [0.2, 0.25) is 5.91 Å². The Kier molecular flexibility index (Phi) is 8.46.